The number of likely N-dealkylation sites (tertiary alicyclic amines) is 2. The predicted molar refractivity (Wildman–Crippen MR) is 266 cm³/mol. The van der Waals surface area contributed by atoms with Crippen molar-refractivity contribution in [1.82, 2.24) is 15.1 Å². The molecule has 4 fully saturated rings. The number of nitrogens with zero attached hydrogens (tertiary/aromatic N) is 4. The first-order valence-corrected chi connectivity index (χ1v) is 23.5. The Kier molecular flexibility index (Phi) is 19.1. The van der Waals surface area contributed by atoms with Gasteiger partial charge in [-0.05, 0) is 123 Å². The maximum absolute atomic E-state index is 15.6. The number of piperidine rings is 2. The van der Waals surface area contributed by atoms with Crippen molar-refractivity contribution in [2.45, 2.75) is 102 Å². The van der Waals surface area contributed by atoms with Gasteiger partial charge in [-0.2, -0.15) is 10.5 Å². The summed E-state index contributed by atoms with van der Waals surface area (Å²) in [5, 5.41) is 23.6. The Morgan fingerprint density at radius 1 is 0.667 bits per heavy atom. The van der Waals surface area contributed by atoms with Crippen LogP contribution in [0.4, 0.5) is 25.0 Å². The molecule has 2 unspecified atom stereocenters. The normalized spacial score (nSPS) is 19.3. The van der Waals surface area contributed by atoms with Crippen molar-refractivity contribution in [2.75, 3.05) is 63.7 Å². The molecule has 0 spiro atoms. The smallest absolute Gasteiger partial charge is 0.319 e. The fourth-order valence-corrected chi connectivity index (χ4v) is 9.01. The summed E-state index contributed by atoms with van der Waals surface area (Å²) in [5.74, 6) is -0.274. The third kappa shape index (κ3) is 14.0. The largest absolute Gasteiger partial charge is 0.398 e. The van der Waals surface area contributed by atoms with Crippen LogP contribution in [0.2, 0.25) is 0 Å². The Labute approximate surface area is 410 Å². The topological polar surface area (TPSA) is 200 Å². The van der Waals surface area contributed by atoms with Gasteiger partial charge < -0.3 is 41.4 Å². The first kappa shape index (κ1) is 53.8. The number of ether oxygens (including phenoxy) is 2. The van der Waals surface area contributed by atoms with Crippen LogP contribution in [0.1, 0.15) is 117 Å². The van der Waals surface area contributed by atoms with E-state index >= 15 is 8.78 Å². The number of halogens is 3. The molecule has 4 saturated heterocycles. The Bertz CT molecular complexity index is 2480. The molecule has 4 amide bonds. The summed E-state index contributed by atoms with van der Waals surface area (Å²) in [6.45, 7) is 11.7. The Hall–Kier alpha value is -6.10. The lowest BCUT2D eigenvalue weighted by Crippen LogP contribution is -2.43. The van der Waals surface area contributed by atoms with E-state index in [-0.39, 0.29) is 75.1 Å². The van der Waals surface area contributed by atoms with Crippen LogP contribution in [0.25, 0.3) is 0 Å². The molecule has 4 aromatic rings. The molecule has 2 atom stereocenters. The number of nitrogens with one attached hydrogen (secondary N) is 2. The number of nitriles is 2. The maximum atomic E-state index is 15.6. The van der Waals surface area contributed by atoms with Crippen molar-refractivity contribution < 1.29 is 32.6 Å². The molecule has 4 aliphatic heterocycles. The molecule has 0 radical (unpaired) electrons. The van der Waals surface area contributed by atoms with Crippen molar-refractivity contribution in [1.29, 1.82) is 10.5 Å². The van der Waals surface area contributed by atoms with Crippen LogP contribution in [-0.2, 0) is 20.8 Å². The average Bonchev–Trinajstić information content (AvgIpc) is 3.34. The zero-order valence-electron chi connectivity index (χ0n) is 40.0. The third-order valence-corrected chi connectivity index (χ3v) is 13.3. The minimum absolute atomic E-state index is 0. The van der Waals surface area contributed by atoms with Crippen molar-refractivity contribution in [2.24, 2.45) is 5.73 Å². The van der Waals surface area contributed by atoms with E-state index in [1.807, 2.05) is 52.0 Å². The second kappa shape index (κ2) is 24.4. The molecule has 16 heteroatoms. The van der Waals surface area contributed by atoms with Crippen LogP contribution in [0, 0.1) is 50.4 Å². The van der Waals surface area contributed by atoms with E-state index in [2.05, 4.69) is 10.6 Å². The predicted octanol–water partition coefficient (Wildman–Crippen LogP) is 8.98. The van der Waals surface area contributed by atoms with Crippen LogP contribution in [-0.4, -0.2) is 92.3 Å². The second-order valence-electron chi connectivity index (χ2n) is 18.4. The SMILES string of the molecule is Cc1cc(C)c(C(=O)N2CCC(F)(c3ccc(C#N)cc3)CC2)cc1N.Cc1cc(C)c(C(=O)N2CCC(F)(c3ccc(C#N)cc3)CC2)cc1NC(=O)NC1CCCOC1.Cl.NC1CCCOC1. The lowest BCUT2D eigenvalue weighted by atomic mass is 9.85. The molecule has 4 heterocycles. The van der Waals surface area contributed by atoms with Gasteiger partial charge in [-0.1, -0.05) is 36.4 Å². The fraction of sp³-hybridized carbons (Fsp3) is 0.453. The summed E-state index contributed by atoms with van der Waals surface area (Å²) in [7, 11) is 0. The molecular weight excluding hydrogens is 902 g/mol. The minimum atomic E-state index is -1.53. The van der Waals surface area contributed by atoms with E-state index in [9.17, 15) is 14.4 Å². The van der Waals surface area contributed by atoms with Crippen LogP contribution in [0.5, 0.6) is 0 Å². The van der Waals surface area contributed by atoms with E-state index in [0.717, 1.165) is 67.8 Å². The molecule has 368 valence electrons. The summed E-state index contributed by atoms with van der Waals surface area (Å²) in [6, 6.07) is 24.4. The van der Waals surface area contributed by atoms with Crippen molar-refractivity contribution in [3.8, 4) is 12.1 Å². The van der Waals surface area contributed by atoms with Gasteiger partial charge in [-0.15, -0.1) is 12.4 Å². The summed E-state index contributed by atoms with van der Waals surface area (Å²) in [6.07, 6.45) is 4.92. The number of hydrogen-bond acceptors (Lipinski definition) is 9. The number of benzene rings is 4. The van der Waals surface area contributed by atoms with Gasteiger partial charge in [0, 0.05) is 93.6 Å². The van der Waals surface area contributed by atoms with Crippen LogP contribution in [0.3, 0.4) is 0 Å². The van der Waals surface area contributed by atoms with E-state index in [1.54, 1.807) is 70.5 Å². The van der Waals surface area contributed by atoms with Gasteiger partial charge in [-0.25, -0.2) is 13.6 Å². The Balaban J connectivity index is 0.000000229. The summed E-state index contributed by atoms with van der Waals surface area (Å²) in [5.41, 5.74) is 16.3. The highest BCUT2D eigenvalue weighted by Crippen LogP contribution is 2.39. The van der Waals surface area contributed by atoms with Gasteiger partial charge in [0.05, 0.1) is 42.5 Å². The quantitative estimate of drug-likeness (QED) is 0.136. The summed E-state index contributed by atoms with van der Waals surface area (Å²) >= 11 is 0. The first-order chi connectivity index (χ1) is 32.5. The molecule has 0 saturated carbocycles. The lowest BCUT2D eigenvalue weighted by Gasteiger charge is -2.37. The molecule has 4 aromatic carbocycles. The number of nitrogen functional groups attached to an aromatic ring is 1. The van der Waals surface area contributed by atoms with Gasteiger partial charge in [0.25, 0.3) is 11.8 Å². The number of aryl methyl sites for hydroxylation is 4. The molecule has 69 heavy (non-hydrogen) atoms. The molecule has 4 aliphatic rings. The average molecular weight is 968 g/mol. The fourth-order valence-electron chi connectivity index (χ4n) is 9.01. The number of rotatable bonds is 6. The number of nitrogens with two attached hydrogens (primary N) is 2. The summed E-state index contributed by atoms with van der Waals surface area (Å²) in [4.78, 5) is 42.0. The van der Waals surface area contributed by atoms with Crippen LogP contribution in [0.15, 0.2) is 72.8 Å². The van der Waals surface area contributed by atoms with E-state index < -0.39 is 11.3 Å². The zero-order valence-corrected chi connectivity index (χ0v) is 40.9. The number of amides is 4. The first-order valence-electron chi connectivity index (χ1n) is 23.5. The number of carbonyl (C=O) groups excluding carboxylic acids is 3. The Morgan fingerprint density at radius 2 is 1.12 bits per heavy atom. The molecule has 8 rings (SSSR count). The number of anilines is 2. The highest BCUT2D eigenvalue weighted by molar-refractivity contribution is 5.99. The van der Waals surface area contributed by atoms with E-state index in [4.69, 9.17) is 31.5 Å². The van der Waals surface area contributed by atoms with Crippen LogP contribution >= 0.6 is 12.4 Å². The zero-order chi connectivity index (χ0) is 49.0. The van der Waals surface area contributed by atoms with Gasteiger partial charge in [-0.3, -0.25) is 9.59 Å². The monoisotopic (exact) mass is 966 g/mol. The Morgan fingerprint density at radius 3 is 1.52 bits per heavy atom. The van der Waals surface area contributed by atoms with E-state index in [1.165, 1.54) is 0 Å². The lowest BCUT2D eigenvalue weighted by molar-refractivity contribution is 0.0412. The number of hydrogen-bond donors (Lipinski definition) is 4. The molecule has 13 nitrogen and oxygen atoms in total. The van der Waals surface area contributed by atoms with Gasteiger partial charge in [0.15, 0.2) is 0 Å². The van der Waals surface area contributed by atoms with Crippen LogP contribution < -0.4 is 22.1 Å². The standard InChI is InChI=1S/C27H31FN4O3.C21H22FN3O.C5H11NO.ClH/c1-18-14-19(2)24(31-26(34)30-22-4-3-13-35-17-22)15-23(18)25(33)32-11-9-27(28,10-12-32)21-7-5-20(16-29)6-8-21;1-14-11-15(2)19(24)12-18(14)20(26)25-9-7-21(22,8-10-25)17-5-3-16(13-23)4-6-17;6-5-2-1-3-7-4-5;/h5-8,14-15,22H,3-4,9-13,17H2,1-2H3,(H2,30,31,34);3-6,11-12H,7-10,24H2,1-2H3;5H,1-4,6H2;1H. The van der Waals surface area contributed by atoms with Crippen molar-refractivity contribution in [3.63, 3.8) is 0 Å². The molecule has 6 N–H and O–H groups in total. The van der Waals surface area contributed by atoms with Gasteiger partial charge in [0.1, 0.15) is 11.3 Å². The minimum Gasteiger partial charge on any atom is -0.398 e. The van der Waals surface area contributed by atoms with Gasteiger partial charge in [0.2, 0.25) is 0 Å². The van der Waals surface area contributed by atoms with Gasteiger partial charge >= 0.3 is 6.03 Å². The van der Waals surface area contributed by atoms with E-state index in [0.29, 0.717) is 70.5 Å². The maximum Gasteiger partial charge on any atom is 0.319 e. The number of carbonyl (C=O) groups is 3. The molecule has 0 aliphatic carbocycles. The summed E-state index contributed by atoms with van der Waals surface area (Å²) < 4.78 is 41.4. The van der Waals surface area contributed by atoms with Crippen molar-refractivity contribution >= 4 is 41.6 Å². The molecule has 0 bridgehead atoms. The molecule has 0 aromatic heterocycles. The number of urea groups is 1. The molecular formula is C53H65ClF2N8O5. The number of alkyl halides is 2. The third-order valence-electron chi connectivity index (χ3n) is 13.3. The highest BCUT2D eigenvalue weighted by atomic mass is 35.5. The highest BCUT2D eigenvalue weighted by Gasteiger charge is 2.39. The second-order valence-corrected chi connectivity index (χ2v) is 18.4. The van der Waals surface area contributed by atoms with Crippen molar-refractivity contribution in [3.05, 3.63) is 128 Å².